The lowest BCUT2D eigenvalue weighted by Crippen LogP contribution is -2.37. The predicted molar refractivity (Wildman–Crippen MR) is 136 cm³/mol. The van der Waals surface area contributed by atoms with Gasteiger partial charge in [0.15, 0.2) is 0 Å². The van der Waals surface area contributed by atoms with Crippen molar-refractivity contribution < 1.29 is 18.0 Å². The number of alkyl halides is 3. The van der Waals surface area contributed by atoms with E-state index in [4.69, 9.17) is 0 Å². The highest BCUT2D eigenvalue weighted by Crippen LogP contribution is 2.29. The molecule has 0 bridgehead atoms. The Morgan fingerprint density at radius 1 is 0.917 bits per heavy atom. The number of aromatic nitrogens is 1. The van der Waals surface area contributed by atoms with Crippen LogP contribution in [0, 0.1) is 0 Å². The third-order valence-corrected chi connectivity index (χ3v) is 6.82. The quantitative estimate of drug-likeness (QED) is 0.317. The van der Waals surface area contributed by atoms with Crippen molar-refractivity contribution >= 4 is 16.8 Å². The molecule has 0 atom stereocenters. The van der Waals surface area contributed by atoms with E-state index in [9.17, 15) is 18.0 Å². The Balaban J connectivity index is 1.38. The highest BCUT2D eigenvalue weighted by atomic mass is 19.4. The molecule has 1 fully saturated rings. The number of carbonyl (C=O) groups is 1. The second-order valence-corrected chi connectivity index (χ2v) is 9.33. The molecule has 0 saturated carbocycles. The third kappa shape index (κ3) is 5.46. The van der Waals surface area contributed by atoms with Crippen molar-refractivity contribution in [3.8, 4) is 11.1 Å². The summed E-state index contributed by atoms with van der Waals surface area (Å²) >= 11 is 0. The van der Waals surface area contributed by atoms with Crippen LogP contribution < -0.4 is 0 Å². The average molecular weight is 492 g/mol. The normalized spacial score (nSPS) is 14.4. The molecule has 0 unspecified atom stereocenters. The number of benzene rings is 3. The maximum Gasteiger partial charge on any atom is 0.416 e. The molecule has 36 heavy (non-hydrogen) atoms. The monoisotopic (exact) mass is 491 g/mol. The lowest BCUT2D eigenvalue weighted by Gasteiger charge is -2.26. The zero-order valence-corrected chi connectivity index (χ0v) is 19.9. The van der Waals surface area contributed by atoms with Gasteiger partial charge in [-0.3, -0.25) is 4.79 Å². The maximum atomic E-state index is 13.4. The van der Waals surface area contributed by atoms with Gasteiger partial charge < -0.3 is 14.8 Å². The van der Waals surface area contributed by atoms with Crippen molar-refractivity contribution in [2.45, 2.75) is 25.6 Å². The summed E-state index contributed by atoms with van der Waals surface area (Å²) in [6.45, 7) is 3.67. The van der Waals surface area contributed by atoms with Crippen molar-refractivity contribution in [2.24, 2.45) is 0 Å². The number of nitrogens with one attached hydrogen (secondary N) is 1. The van der Waals surface area contributed by atoms with E-state index in [1.165, 1.54) is 12.1 Å². The Kier molecular flexibility index (Phi) is 6.83. The fourth-order valence-corrected chi connectivity index (χ4v) is 4.81. The van der Waals surface area contributed by atoms with Crippen LogP contribution in [-0.4, -0.2) is 46.9 Å². The summed E-state index contributed by atoms with van der Waals surface area (Å²) in [6, 6.07) is 20.9. The first-order valence-corrected chi connectivity index (χ1v) is 12.2. The predicted octanol–water partition coefficient (Wildman–Crippen LogP) is 6.59. The molecule has 186 valence electrons. The molecular weight excluding hydrogens is 463 g/mol. The largest absolute Gasteiger partial charge is 0.416 e. The minimum Gasteiger partial charge on any atom is -0.361 e. The van der Waals surface area contributed by atoms with E-state index in [0.717, 1.165) is 72.2 Å². The summed E-state index contributed by atoms with van der Waals surface area (Å²) in [4.78, 5) is 20.7. The Labute approximate surface area is 208 Å². The summed E-state index contributed by atoms with van der Waals surface area (Å²) in [5.74, 6) is -0.262. The van der Waals surface area contributed by atoms with Gasteiger partial charge in [-0.25, -0.2) is 0 Å². The number of rotatable bonds is 7. The van der Waals surface area contributed by atoms with Gasteiger partial charge >= 0.3 is 6.18 Å². The number of hydrogen-bond donors (Lipinski definition) is 1. The Hall–Kier alpha value is -3.58. The molecule has 1 amide bonds. The maximum absolute atomic E-state index is 13.4. The van der Waals surface area contributed by atoms with Crippen LogP contribution in [0.15, 0.2) is 79.0 Å². The van der Waals surface area contributed by atoms with E-state index in [1.54, 1.807) is 4.90 Å². The Bertz CT molecular complexity index is 1340. The van der Waals surface area contributed by atoms with Crippen LogP contribution in [0.1, 0.15) is 34.3 Å². The van der Waals surface area contributed by atoms with Crippen LogP contribution in [0.25, 0.3) is 22.0 Å². The molecule has 0 aliphatic carbocycles. The van der Waals surface area contributed by atoms with Crippen molar-refractivity contribution in [1.82, 2.24) is 14.8 Å². The smallest absolute Gasteiger partial charge is 0.361 e. The number of likely N-dealkylation sites (tertiary alicyclic amines) is 1. The Morgan fingerprint density at radius 2 is 1.67 bits per heavy atom. The summed E-state index contributed by atoms with van der Waals surface area (Å²) in [7, 11) is 0. The van der Waals surface area contributed by atoms with Gasteiger partial charge in [-0.05, 0) is 96.5 Å². The van der Waals surface area contributed by atoms with Gasteiger partial charge in [0.05, 0.1) is 5.56 Å². The van der Waals surface area contributed by atoms with E-state index in [1.807, 2.05) is 36.5 Å². The number of fused-ring (bicyclic) bond motifs is 1. The van der Waals surface area contributed by atoms with Crippen molar-refractivity contribution in [3.63, 3.8) is 0 Å². The first-order valence-electron chi connectivity index (χ1n) is 12.2. The molecule has 4 aromatic rings. The van der Waals surface area contributed by atoms with Gasteiger partial charge in [-0.15, -0.1) is 0 Å². The molecule has 1 aliphatic rings. The number of halogens is 3. The minimum absolute atomic E-state index is 0.262. The molecule has 0 spiro atoms. The van der Waals surface area contributed by atoms with Crippen molar-refractivity contribution in [2.75, 3.05) is 26.2 Å². The van der Waals surface area contributed by atoms with Crippen molar-refractivity contribution in [3.05, 3.63) is 95.7 Å². The number of amides is 1. The average Bonchev–Trinajstić information content (AvgIpc) is 3.57. The van der Waals surface area contributed by atoms with Crippen LogP contribution >= 0.6 is 0 Å². The summed E-state index contributed by atoms with van der Waals surface area (Å²) in [6.07, 6.45) is -0.211. The van der Waals surface area contributed by atoms with Gasteiger partial charge in [0, 0.05) is 36.9 Å². The third-order valence-electron chi connectivity index (χ3n) is 6.82. The summed E-state index contributed by atoms with van der Waals surface area (Å²) < 4.78 is 39.0. The first kappa shape index (κ1) is 24.1. The SMILES string of the molecule is O=C(c1ccc(C(F)(F)F)cc1)N(CCN1CCCC1)Cc1cccc(-c2ccc3[nH]ccc3c2)c1. The number of H-pyrrole nitrogens is 1. The Morgan fingerprint density at radius 3 is 2.42 bits per heavy atom. The van der Waals surface area contributed by atoms with E-state index >= 15 is 0 Å². The van der Waals surface area contributed by atoms with Crippen molar-refractivity contribution in [1.29, 1.82) is 0 Å². The van der Waals surface area contributed by atoms with E-state index in [0.29, 0.717) is 13.1 Å². The van der Waals surface area contributed by atoms with Crippen LogP contribution in [0.4, 0.5) is 13.2 Å². The topological polar surface area (TPSA) is 39.3 Å². The summed E-state index contributed by atoms with van der Waals surface area (Å²) in [5.41, 5.74) is 3.69. The number of aromatic amines is 1. The van der Waals surface area contributed by atoms with Crippen LogP contribution in [0.3, 0.4) is 0 Å². The lowest BCUT2D eigenvalue weighted by atomic mass is 10.0. The molecule has 3 aromatic carbocycles. The second kappa shape index (κ2) is 10.2. The summed E-state index contributed by atoms with van der Waals surface area (Å²) in [5, 5.41) is 1.13. The van der Waals surface area contributed by atoms with Crippen LogP contribution in [0.2, 0.25) is 0 Å². The highest BCUT2D eigenvalue weighted by molar-refractivity contribution is 5.94. The van der Waals surface area contributed by atoms with Gasteiger partial charge in [0.25, 0.3) is 5.91 Å². The molecule has 1 aliphatic heterocycles. The molecule has 1 N–H and O–H groups in total. The van der Waals surface area contributed by atoms with E-state index in [2.05, 4.69) is 28.1 Å². The molecule has 1 aromatic heterocycles. The zero-order chi connectivity index (χ0) is 25.1. The zero-order valence-electron chi connectivity index (χ0n) is 19.9. The van der Waals surface area contributed by atoms with Gasteiger partial charge in [-0.2, -0.15) is 13.2 Å². The molecule has 7 heteroatoms. The molecule has 0 radical (unpaired) electrons. The standard InChI is InChI=1S/C29H28F3N3O/c30-29(31,32)26-9-6-22(7-10-26)28(36)35(17-16-34-14-1-2-15-34)20-21-4-3-5-23(18-21)24-8-11-27-25(19-24)12-13-33-27/h3-13,18-19,33H,1-2,14-17,20H2. The molecular formula is C29H28F3N3O. The van der Waals surface area contributed by atoms with Crippen LogP contribution in [-0.2, 0) is 12.7 Å². The molecule has 2 heterocycles. The molecule has 1 saturated heterocycles. The van der Waals surface area contributed by atoms with Gasteiger partial charge in [-0.1, -0.05) is 24.3 Å². The minimum atomic E-state index is -4.43. The fraction of sp³-hybridized carbons (Fsp3) is 0.276. The lowest BCUT2D eigenvalue weighted by molar-refractivity contribution is -0.137. The van der Waals surface area contributed by atoms with E-state index in [-0.39, 0.29) is 11.5 Å². The van der Waals surface area contributed by atoms with Gasteiger partial charge in [0.1, 0.15) is 0 Å². The second-order valence-electron chi connectivity index (χ2n) is 9.33. The van der Waals surface area contributed by atoms with E-state index < -0.39 is 11.7 Å². The highest BCUT2D eigenvalue weighted by Gasteiger charge is 2.30. The number of carbonyl (C=O) groups excluding carboxylic acids is 1. The number of nitrogens with zero attached hydrogens (tertiary/aromatic N) is 2. The number of hydrogen-bond acceptors (Lipinski definition) is 2. The fourth-order valence-electron chi connectivity index (χ4n) is 4.81. The first-order chi connectivity index (χ1) is 17.4. The molecule has 5 rings (SSSR count). The van der Waals surface area contributed by atoms with Gasteiger partial charge in [0.2, 0.25) is 0 Å². The molecule has 4 nitrogen and oxygen atoms in total. The van der Waals surface area contributed by atoms with Crippen LogP contribution in [0.5, 0.6) is 0 Å².